The van der Waals surface area contributed by atoms with Crippen molar-refractivity contribution < 1.29 is 16.8 Å². The minimum absolute atomic E-state index is 0.0642. The maximum atomic E-state index is 12.2. The Morgan fingerprint density at radius 3 is 2.62 bits per heavy atom. The summed E-state index contributed by atoms with van der Waals surface area (Å²) in [5.41, 5.74) is 6.05. The molecule has 0 saturated carbocycles. The van der Waals surface area contributed by atoms with Gasteiger partial charge in [-0.15, -0.1) is 0 Å². The maximum absolute atomic E-state index is 12.2. The average Bonchev–Trinajstić information content (AvgIpc) is 2.70. The molecule has 0 amide bonds. The van der Waals surface area contributed by atoms with Crippen LogP contribution in [-0.4, -0.2) is 38.5 Å². The van der Waals surface area contributed by atoms with Crippen LogP contribution in [0.1, 0.15) is 6.42 Å². The van der Waals surface area contributed by atoms with Crippen molar-refractivity contribution in [3.05, 3.63) is 24.4 Å². The molecule has 0 aliphatic carbocycles. The highest BCUT2D eigenvalue weighted by atomic mass is 32.2. The third-order valence-corrected chi connectivity index (χ3v) is 5.02. The highest BCUT2D eigenvalue weighted by Gasteiger charge is 2.23. The van der Waals surface area contributed by atoms with E-state index in [1.807, 2.05) is 0 Å². The number of nitrogen functional groups attached to an aromatic ring is 1. The Balaban J connectivity index is 2.20. The van der Waals surface area contributed by atoms with E-state index in [2.05, 4.69) is 9.71 Å². The first-order chi connectivity index (χ1) is 9.71. The van der Waals surface area contributed by atoms with Crippen LogP contribution < -0.4 is 15.6 Å². The lowest BCUT2D eigenvalue weighted by Gasteiger charge is -2.06. The SMILES string of the molecule is Nc1nc2ccccn2c1S(=O)(=O)NCCCS(N)(=O)=O. The lowest BCUT2D eigenvalue weighted by molar-refractivity contribution is 0.573. The number of fused-ring (bicyclic) bond motifs is 1. The monoisotopic (exact) mass is 333 g/mol. The average molecular weight is 333 g/mol. The van der Waals surface area contributed by atoms with E-state index < -0.39 is 20.0 Å². The van der Waals surface area contributed by atoms with Gasteiger partial charge in [-0.3, -0.25) is 4.40 Å². The van der Waals surface area contributed by atoms with Gasteiger partial charge in [0.15, 0.2) is 10.8 Å². The molecule has 116 valence electrons. The highest BCUT2D eigenvalue weighted by molar-refractivity contribution is 7.89. The molecular formula is C10H15N5O4S2. The number of sulfonamides is 2. The Morgan fingerprint density at radius 2 is 1.95 bits per heavy atom. The molecule has 0 bridgehead atoms. The Bertz CT molecular complexity index is 857. The molecule has 0 aliphatic rings. The van der Waals surface area contributed by atoms with Gasteiger partial charge in [0.05, 0.1) is 5.75 Å². The molecule has 0 spiro atoms. The van der Waals surface area contributed by atoms with E-state index in [0.29, 0.717) is 5.65 Å². The van der Waals surface area contributed by atoms with Crippen LogP contribution in [-0.2, 0) is 20.0 Å². The fourth-order valence-corrected chi connectivity index (χ4v) is 3.64. The maximum Gasteiger partial charge on any atom is 0.260 e. The number of aromatic nitrogens is 2. The predicted molar refractivity (Wildman–Crippen MR) is 77.4 cm³/mol. The van der Waals surface area contributed by atoms with Crippen LogP contribution in [0.15, 0.2) is 29.4 Å². The summed E-state index contributed by atoms with van der Waals surface area (Å²) in [6, 6.07) is 4.97. The molecule has 0 saturated heterocycles. The van der Waals surface area contributed by atoms with E-state index in [-0.39, 0.29) is 29.6 Å². The van der Waals surface area contributed by atoms with Crippen LogP contribution in [0.5, 0.6) is 0 Å². The van der Waals surface area contributed by atoms with Gasteiger partial charge in [0.1, 0.15) is 5.65 Å². The van der Waals surface area contributed by atoms with Crippen LogP contribution in [0.2, 0.25) is 0 Å². The summed E-state index contributed by atoms with van der Waals surface area (Å²) in [7, 11) is -7.52. The van der Waals surface area contributed by atoms with Crippen LogP contribution >= 0.6 is 0 Å². The molecule has 0 unspecified atom stereocenters. The second kappa shape index (κ2) is 5.60. The predicted octanol–water partition coefficient (Wildman–Crippen LogP) is -1.13. The molecule has 5 N–H and O–H groups in total. The Hall–Kier alpha value is -1.69. The number of nitrogens with one attached hydrogen (secondary N) is 1. The van der Waals surface area contributed by atoms with Gasteiger partial charge >= 0.3 is 0 Å². The molecule has 21 heavy (non-hydrogen) atoms. The van der Waals surface area contributed by atoms with E-state index in [9.17, 15) is 16.8 Å². The first kappa shape index (κ1) is 15.7. The quantitative estimate of drug-likeness (QED) is 0.569. The van der Waals surface area contributed by atoms with Gasteiger partial charge in [-0.2, -0.15) is 0 Å². The van der Waals surface area contributed by atoms with Crippen molar-refractivity contribution in [2.45, 2.75) is 11.4 Å². The first-order valence-corrected chi connectivity index (χ1v) is 9.13. The Kier molecular flexibility index (Phi) is 4.18. The zero-order chi connectivity index (χ0) is 15.7. The fraction of sp³-hybridized carbons (Fsp3) is 0.300. The molecule has 0 aliphatic heterocycles. The number of rotatable bonds is 6. The van der Waals surface area contributed by atoms with E-state index in [4.69, 9.17) is 10.9 Å². The van der Waals surface area contributed by atoms with Crippen LogP contribution in [0.3, 0.4) is 0 Å². The lowest BCUT2D eigenvalue weighted by Crippen LogP contribution is -2.28. The topological polar surface area (TPSA) is 150 Å². The summed E-state index contributed by atoms with van der Waals surface area (Å²) in [6.07, 6.45) is 1.59. The fourth-order valence-electron chi connectivity index (χ4n) is 1.81. The molecule has 2 aromatic heterocycles. The van der Waals surface area contributed by atoms with Crippen molar-refractivity contribution in [3.63, 3.8) is 0 Å². The van der Waals surface area contributed by atoms with E-state index >= 15 is 0 Å². The summed E-state index contributed by atoms with van der Waals surface area (Å²) in [6.45, 7) is -0.0712. The Labute approximate surface area is 122 Å². The van der Waals surface area contributed by atoms with Gasteiger partial charge in [0.2, 0.25) is 10.0 Å². The summed E-state index contributed by atoms with van der Waals surface area (Å²) < 4.78 is 49.6. The van der Waals surface area contributed by atoms with Gasteiger partial charge in [0.25, 0.3) is 10.0 Å². The minimum atomic E-state index is -3.90. The van der Waals surface area contributed by atoms with Gasteiger partial charge in [-0.25, -0.2) is 31.7 Å². The number of anilines is 1. The number of primary sulfonamides is 1. The second-order valence-corrected chi connectivity index (χ2v) is 7.77. The van der Waals surface area contributed by atoms with Crippen molar-refractivity contribution in [1.82, 2.24) is 14.1 Å². The van der Waals surface area contributed by atoms with Crippen molar-refractivity contribution in [3.8, 4) is 0 Å². The molecule has 2 aromatic rings. The van der Waals surface area contributed by atoms with Crippen molar-refractivity contribution >= 4 is 31.5 Å². The van der Waals surface area contributed by atoms with Crippen molar-refractivity contribution in [1.29, 1.82) is 0 Å². The number of nitrogens with two attached hydrogens (primary N) is 2. The molecule has 9 nitrogen and oxygen atoms in total. The molecule has 0 radical (unpaired) electrons. The summed E-state index contributed by atoms with van der Waals surface area (Å²) in [4.78, 5) is 3.95. The number of nitrogens with zero attached hydrogens (tertiary/aromatic N) is 2. The van der Waals surface area contributed by atoms with E-state index in [1.54, 1.807) is 18.2 Å². The third-order valence-electron chi connectivity index (χ3n) is 2.66. The smallest absolute Gasteiger partial charge is 0.260 e. The summed E-state index contributed by atoms with van der Waals surface area (Å²) >= 11 is 0. The molecule has 0 aromatic carbocycles. The first-order valence-electron chi connectivity index (χ1n) is 5.93. The summed E-state index contributed by atoms with van der Waals surface area (Å²) in [5.74, 6) is -0.432. The van der Waals surface area contributed by atoms with Gasteiger partial charge in [-0.05, 0) is 18.6 Å². The lowest BCUT2D eigenvalue weighted by atomic mass is 10.5. The number of hydrogen-bond donors (Lipinski definition) is 3. The standard InChI is InChI=1S/C10H15N5O4S2/c11-9-10(15-6-2-1-4-8(15)14-9)21(18,19)13-5-3-7-20(12,16)17/h1-2,4,6,13H,3,5,7,11H2,(H2,12,16,17). The zero-order valence-electron chi connectivity index (χ0n) is 10.9. The van der Waals surface area contributed by atoms with E-state index in [1.165, 1.54) is 10.6 Å². The Morgan fingerprint density at radius 1 is 1.24 bits per heavy atom. The van der Waals surface area contributed by atoms with Crippen molar-refractivity contribution in [2.24, 2.45) is 5.14 Å². The van der Waals surface area contributed by atoms with Crippen LogP contribution in [0, 0.1) is 0 Å². The normalized spacial score (nSPS) is 12.8. The number of hydrogen-bond acceptors (Lipinski definition) is 6. The van der Waals surface area contributed by atoms with Crippen LogP contribution in [0.25, 0.3) is 5.65 Å². The summed E-state index contributed by atoms with van der Waals surface area (Å²) in [5, 5.41) is 4.67. The second-order valence-electron chi connectivity index (χ2n) is 4.35. The molecular weight excluding hydrogens is 318 g/mol. The molecule has 0 atom stereocenters. The van der Waals surface area contributed by atoms with Crippen LogP contribution in [0.4, 0.5) is 5.82 Å². The number of pyridine rings is 1. The molecule has 2 rings (SSSR count). The third kappa shape index (κ3) is 3.69. The van der Waals surface area contributed by atoms with Gasteiger partial charge in [0, 0.05) is 12.7 Å². The zero-order valence-corrected chi connectivity index (χ0v) is 12.6. The molecule has 2 heterocycles. The highest BCUT2D eigenvalue weighted by Crippen LogP contribution is 2.19. The van der Waals surface area contributed by atoms with Gasteiger partial charge < -0.3 is 5.73 Å². The number of imidazole rings is 1. The largest absolute Gasteiger partial charge is 0.381 e. The molecule has 11 heteroatoms. The van der Waals surface area contributed by atoms with Crippen molar-refractivity contribution in [2.75, 3.05) is 18.0 Å². The van der Waals surface area contributed by atoms with E-state index in [0.717, 1.165) is 0 Å². The van der Waals surface area contributed by atoms with Gasteiger partial charge in [-0.1, -0.05) is 6.07 Å². The molecule has 0 fully saturated rings. The minimum Gasteiger partial charge on any atom is -0.381 e.